The van der Waals surface area contributed by atoms with Crippen LogP contribution in [-0.2, 0) is 0 Å². The normalized spacial score (nSPS) is 10.0. The summed E-state index contributed by atoms with van der Waals surface area (Å²) in [6, 6.07) is 0. The standard InChI is InChI=1S/C6H4BrF2N/c1-3-4(8)2-10-6(7)5(3)9/h2H,1H3. The minimum absolute atomic E-state index is 0.0122. The molecule has 4 heteroatoms. The summed E-state index contributed by atoms with van der Waals surface area (Å²) >= 11 is 2.83. The van der Waals surface area contributed by atoms with Crippen molar-refractivity contribution in [3.05, 3.63) is 28.0 Å². The van der Waals surface area contributed by atoms with Crippen LogP contribution in [0.4, 0.5) is 8.78 Å². The Morgan fingerprint density at radius 3 is 2.60 bits per heavy atom. The second kappa shape index (κ2) is 2.62. The van der Waals surface area contributed by atoms with Crippen LogP contribution in [0, 0.1) is 18.6 Å². The molecule has 54 valence electrons. The van der Waals surface area contributed by atoms with Gasteiger partial charge in [0, 0.05) is 5.56 Å². The Kier molecular flexibility index (Phi) is 1.99. The first kappa shape index (κ1) is 7.60. The summed E-state index contributed by atoms with van der Waals surface area (Å²) in [4.78, 5) is 3.41. The highest BCUT2D eigenvalue weighted by Crippen LogP contribution is 2.16. The first-order chi connectivity index (χ1) is 4.63. The molecule has 0 aromatic carbocycles. The maximum absolute atomic E-state index is 12.6. The fourth-order valence-corrected chi connectivity index (χ4v) is 0.926. The highest BCUT2D eigenvalue weighted by Gasteiger charge is 2.07. The Morgan fingerprint density at radius 2 is 2.10 bits per heavy atom. The molecule has 1 aromatic heterocycles. The van der Waals surface area contributed by atoms with Gasteiger partial charge in [-0.05, 0) is 22.9 Å². The van der Waals surface area contributed by atoms with Gasteiger partial charge in [0.05, 0.1) is 6.20 Å². The van der Waals surface area contributed by atoms with Gasteiger partial charge in [-0.15, -0.1) is 0 Å². The molecule has 10 heavy (non-hydrogen) atoms. The van der Waals surface area contributed by atoms with Crippen LogP contribution in [0.1, 0.15) is 5.56 Å². The van der Waals surface area contributed by atoms with Gasteiger partial charge in [0.2, 0.25) is 0 Å². The van der Waals surface area contributed by atoms with Crippen molar-refractivity contribution in [1.82, 2.24) is 4.98 Å². The van der Waals surface area contributed by atoms with Crippen LogP contribution in [0.5, 0.6) is 0 Å². The van der Waals surface area contributed by atoms with Gasteiger partial charge in [-0.1, -0.05) is 0 Å². The van der Waals surface area contributed by atoms with Crippen molar-refractivity contribution < 1.29 is 8.78 Å². The Labute approximate surface area is 65.2 Å². The van der Waals surface area contributed by atoms with Crippen molar-refractivity contribution in [3.8, 4) is 0 Å². The predicted octanol–water partition coefficient (Wildman–Crippen LogP) is 2.43. The van der Waals surface area contributed by atoms with Gasteiger partial charge in [0.1, 0.15) is 10.4 Å². The lowest BCUT2D eigenvalue weighted by atomic mass is 10.3. The smallest absolute Gasteiger partial charge is 0.161 e. The van der Waals surface area contributed by atoms with Crippen molar-refractivity contribution in [2.24, 2.45) is 0 Å². The van der Waals surface area contributed by atoms with E-state index < -0.39 is 11.6 Å². The van der Waals surface area contributed by atoms with E-state index in [0.717, 1.165) is 6.20 Å². The predicted molar refractivity (Wildman–Crippen MR) is 36.6 cm³/mol. The minimum atomic E-state index is -0.639. The molecule has 1 aromatic rings. The molecular weight excluding hydrogens is 204 g/mol. The Morgan fingerprint density at radius 1 is 1.50 bits per heavy atom. The Bertz CT molecular complexity index is 235. The van der Waals surface area contributed by atoms with Crippen LogP contribution < -0.4 is 0 Å². The molecule has 0 atom stereocenters. The quantitative estimate of drug-likeness (QED) is 0.596. The van der Waals surface area contributed by atoms with Crippen molar-refractivity contribution in [3.63, 3.8) is 0 Å². The largest absolute Gasteiger partial charge is 0.243 e. The molecule has 1 heterocycles. The van der Waals surface area contributed by atoms with Crippen LogP contribution in [-0.4, -0.2) is 4.98 Å². The van der Waals surface area contributed by atoms with Crippen LogP contribution in [0.25, 0.3) is 0 Å². The zero-order valence-electron chi connectivity index (χ0n) is 5.16. The third-order valence-electron chi connectivity index (χ3n) is 1.16. The highest BCUT2D eigenvalue weighted by molar-refractivity contribution is 9.10. The monoisotopic (exact) mass is 207 g/mol. The highest BCUT2D eigenvalue weighted by atomic mass is 79.9. The van der Waals surface area contributed by atoms with Gasteiger partial charge in [0.25, 0.3) is 0 Å². The summed E-state index contributed by atoms with van der Waals surface area (Å²) in [7, 11) is 0. The van der Waals surface area contributed by atoms with Crippen LogP contribution in [0.3, 0.4) is 0 Å². The van der Waals surface area contributed by atoms with E-state index >= 15 is 0 Å². The number of halogens is 3. The van der Waals surface area contributed by atoms with Crippen LogP contribution in [0.2, 0.25) is 0 Å². The molecule has 0 saturated heterocycles. The number of pyridine rings is 1. The molecule has 0 saturated carbocycles. The van der Waals surface area contributed by atoms with Gasteiger partial charge < -0.3 is 0 Å². The molecule has 0 spiro atoms. The fourth-order valence-electron chi connectivity index (χ4n) is 0.526. The van der Waals surface area contributed by atoms with E-state index in [9.17, 15) is 8.78 Å². The molecule has 1 rings (SSSR count). The summed E-state index contributed by atoms with van der Waals surface area (Å²) in [5.41, 5.74) is -0.0122. The van der Waals surface area contributed by atoms with Crippen LogP contribution in [0.15, 0.2) is 10.8 Å². The first-order valence-electron chi connectivity index (χ1n) is 2.59. The minimum Gasteiger partial charge on any atom is -0.243 e. The number of aromatic nitrogens is 1. The van der Waals surface area contributed by atoms with Crippen molar-refractivity contribution in [1.29, 1.82) is 0 Å². The van der Waals surface area contributed by atoms with E-state index in [4.69, 9.17) is 0 Å². The lowest BCUT2D eigenvalue weighted by Crippen LogP contribution is -1.92. The van der Waals surface area contributed by atoms with Gasteiger partial charge in [0.15, 0.2) is 5.82 Å². The third kappa shape index (κ3) is 1.16. The summed E-state index contributed by atoms with van der Waals surface area (Å²) in [5, 5.41) is 0. The average molecular weight is 208 g/mol. The van der Waals surface area contributed by atoms with E-state index in [0.29, 0.717) is 0 Å². The second-order valence-corrected chi connectivity index (χ2v) is 2.59. The van der Waals surface area contributed by atoms with E-state index in [1.54, 1.807) is 0 Å². The Balaban J connectivity index is 3.34. The van der Waals surface area contributed by atoms with Gasteiger partial charge in [-0.2, -0.15) is 0 Å². The van der Waals surface area contributed by atoms with E-state index in [1.807, 2.05) is 0 Å². The van der Waals surface area contributed by atoms with Crippen LogP contribution >= 0.6 is 15.9 Å². The molecule has 0 N–H and O–H groups in total. The zero-order valence-corrected chi connectivity index (χ0v) is 6.74. The van der Waals surface area contributed by atoms with E-state index in [-0.39, 0.29) is 10.2 Å². The molecule has 0 aliphatic carbocycles. The summed E-state index contributed by atoms with van der Waals surface area (Å²) < 4.78 is 25.1. The number of hydrogen-bond acceptors (Lipinski definition) is 1. The van der Waals surface area contributed by atoms with E-state index in [1.165, 1.54) is 6.92 Å². The molecular formula is C6H4BrF2N. The molecule has 0 aliphatic heterocycles. The molecule has 0 unspecified atom stereocenters. The van der Waals surface area contributed by atoms with Gasteiger partial charge in [-0.25, -0.2) is 13.8 Å². The number of hydrogen-bond donors (Lipinski definition) is 0. The Hall–Kier alpha value is -0.510. The molecule has 0 radical (unpaired) electrons. The lowest BCUT2D eigenvalue weighted by Gasteiger charge is -1.97. The summed E-state index contributed by atoms with van der Waals surface area (Å²) in [6.07, 6.45) is 0.975. The molecule has 0 bridgehead atoms. The van der Waals surface area contributed by atoms with Crippen molar-refractivity contribution in [2.75, 3.05) is 0 Å². The molecule has 0 amide bonds. The second-order valence-electron chi connectivity index (χ2n) is 1.84. The SMILES string of the molecule is Cc1c(F)cnc(Br)c1F. The summed E-state index contributed by atoms with van der Waals surface area (Å²) in [5.74, 6) is -1.26. The lowest BCUT2D eigenvalue weighted by molar-refractivity contribution is 0.552. The van der Waals surface area contributed by atoms with E-state index in [2.05, 4.69) is 20.9 Å². The maximum Gasteiger partial charge on any atom is 0.161 e. The van der Waals surface area contributed by atoms with Gasteiger partial charge in [-0.3, -0.25) is 0 Å². The number of rotatable bonds is 0. The van der Waals surface area contributed by atoms with Crippen molar-refractivity contribution in [2.45, 2.75) is 6.92 Å². The maximum atomic E-state index is 12.6. The first-order valence-corrected chi connectivity index (χ1v) is 3.38. The third-order valence-corrected chi connectivity index (χ3v) is 1.71. The average Bonchev–Trinajstić information content (AvgIpc) is 1.93. The zero-order chi connectivity index (χ0) is 7.72. The fraction of sp³-hybridized carbons (Fsp3) is 0.167. The van der Waals surface area contributed by atoms with Gasteiger partial charge >= 0.3 is 0 Å². The number of nitrogens with zero attached hydrogens (tertiary/aromatic N) is 1. The van der Waals surface area contributed by atoms with Crippen molar-refractivity contribution >= 4 is 15.9 Å². The molecule has 0 fully saturated rings. The topological polar surface area (TPSA) is 12.9 Å². The molecule has 1 nitrogen and oxygen atoms in total. The molecule has 0 aliphatic rings. The summed E-state index contributed by atoms with van der Waals surface area (Å²) in [6.45, 7) is 1.36.